The van der Waals surface area contributed by atoms with Gasteiger partial charge in [-0.05, 0) is 60.2 Å². The minimum atomic E-state index is -0.261. The van der Waals surface area contributed by atoms with Gasteiger partial charge in [0.25, 0.3) is 5.91 Å². The van der Waals surface area contributed by atoms with E-state index in [-0.39, 0.29) is 24.0 Å². The number of amides is 1. The summed E-state index contributed by atoms with van der Waals surface area (Å²) in [6.07, 6.45) is 3.15. The molecule has 0 aromatic heterocycles. The van der Waals surface area contributed by atoms with Gasteiger partial charge in [-0.15, -0.1) is 0 Å². The predicted octanol–water partition coefficient (Wildman–Crippen LogP) is 4.31. The molecule has 0 aliphatic heterocycles. The van der Waals surface area contributed by atoms with Crippen LogP contribution >= 0.6 is 0 Å². The van der Waals surface area contributed by atoms with Gasteiger partial charge >= 0.3 is 0 Å². The summed E-state index contributed by atoms with van der Waals surface area (Å²) in [4.78, 5) is 24.1. The molecule has 0 aliphatic carbocycles. The summed E-state index contributed by atoms with van der Waals surface area (Å²) in [5.74, 6) is 0.267. The number of benzene rings is 3. The highest BCUT2D eigenvalue weighted by Gasteiger charge is 2.05. The van der Waals surface area contributed by atoms with Crippen molar-refractivity contribution in [2.24, 2.45) is 0 Å². The van der Waals surface area contributed by atoms with Gasteiger partial charge in [0, 0.05) is 11.3 Å². The van der Waals surface area contributed by atoms with Gasteiger partial charge < -0.3 is 15.2 Å². The molecule has 3 aromatic rings. The first-order valence-corrected chi connectivity index (χ1v) is 8.69. The van der Waals surface area contributed by atoms with Crippen molar-refractivity contribution in [3.8, 4) is 11.5 Å². The third-order valence-electron chi connectivity index (χ3n) is 3.89. The lowest BCUT2D eigenvalue weighted by Gasteiger charge is -2.07. The number of nitrogens with one attached hydrogen (secondary N) is 1. The van der Waals surface area contributed by atoms with Crippen molar-refractivity contribution in [3.05, 3.63) is 96.1 Å². The lowest BCUT2D eigenvalue weighted by molar-refractivity contribution is -0.118. The SMILES string of the molecule is O=C(COc1ccc(C(=O)/C=C/c2ccc(O)cc2)cc1)Nc1ccccc1. The summed E-state index contributed by atoms with van der Waals surface area (Å²) in [5, 5.41) is 12.0. The smallest absolute Gasteiger partial charge is 0.262 e. The van der Waals surface area contributed by atoms with E-state index in [0.717, 1.165) is 5.56 Å². The summed E-state index contributed by atoms with van der Waals surface area (Å²) >= 11 is 0. The van der Waals surface area contributed by atoms with E-state index in [4.69, 9.17) is 4.74 Å². The average Bonchev–Trinajstić information content (AvgIpc) is 2.73. The molecule has 3 aromatic carbocycles. The van der Waals surface area contributed by atoms with E-state index in [2.05, 4.69) is 5.32 Å². The third-order valence-corrected chi connectivity index (χ3v) is 3.89. The van der Waals surface area contributed by atoms with E-state index in [9.17, 15) is 14.7 Å². The fourth-order valence-electron chi connectivity index (χ4n) is 2.44. The number of phenolic OH excluding ortho intramolecular Hbond substituents is 1. The quantitative estimate of drug-likeness (QED) is 0.478. The number of aromatic hydroxyl groups is 1. The van der Waals surface area contributed by atoms with Crippen LogP contribution < -0.4 is 10.1 Å². The Morgan fingerprint density at radius 2 is 1.57 bits per heavy atom. The highest BCUT2D eigenvalue weighted by Crippen LogP contribution is 2.15. The zero-order valence-electron chi connectivity index (χ0n) is 15.0. The number of rotatable bonds is 7. The maximum absolute atomic E-state index is 12.2. The Balaban J connectivity index is 1.52. The molecule has 3 rings (SSSR count). The Labute approximate surface area is 162 Å². The molecular weight excluding hydrogens is 354 g/mol. The fourth-order valence-corrected chi connectivity index (χ4v) is 2.44. The van der Waals surface area contributed by atoms with E-state index in [0.29, 0.717) is 17.0 Å². The van der Waals surface area contributed by atoms with E-state index >= 15 is 0 Å². The van der Waals surface area contributed by atoms with Gasteiger partial charge in [-0.3, -0.25) is 9.59 Å². The van der Waals surface area contributed by atoms with Crippen LogP contribution in [0.1, 0.15) is 15.9 Å². The number of carbonyl (C=O) groups is 2. The van der Waals surface area contributed by atoms with Gasteiger partial charge in [0.15, 0.2) is 12.4 Å². The molecule has 2 N–H and O–H groups in total. The molecule has 1 amide bonds. The third kappa shape index (κ3) is 5.57. The molecule has 0 aliphatic rings. The van der Waals surface area contributed by atoms with Crippen LogP contribution in [0.4, 0.5) is 5.69 Å². The first-order chi connectivity index (χ1) is 13.6. The van der Waals surface area contributed by atoms with Gasteiger partial charge in [0.2, 0.25) is 0 Å². The lowest BCUT2D eigenvalue weighted by atomic mass is 10.1. The van der Waals surface area contributed by atoms with E-state index in [1.807, 2.05) is 18.2 Å². The molecule has 0 unspecified atom stereocenters. The van der Waals surface area contributed by atoms with E-state index in [1.165, 1.54) is 6.08 Å². The molecular formula is C23H19NO4. The molecule has 0 radical (unpaired) electrons. The minimum absolute atomic E-state index is 0.122. The maximum Gasteiger partial charge on any atom is 0.262 e. The van der Waals surface area contributed by atoms with Crippen molar-refractivity contribution in [3.63, 3.8) is 0 Å². The average molecular weight is 373 g/mol. The molecule has 140 valence electrons. The van der Waals surface area contributed by atoms with Gasteiger partial charge in [0.1, 0.15) is 11.5 Å². The van der Waals surface area contributed by atoms with Crippen LogP contribution in [0, 0.1) is 0 Å². The number of hydrogen-bond donors (Lipinski definition) is 2. The maximum atomic E-state index is 12.2. The topological polar surface area (TPSA) is 75.6 Å². The fraction of sp³-hybridized carbons (Fsp3) is 0.0435. The second-order valence-corrected chi connectivity index (χ2v) is 6.02. The zero-order valence-corrected chi connectivity index (χ0v) is 15.0. The van der Waals surface area contributed by atoms with Crippen LogP contribution in [-0.4, -0.2) is 23.4 Å². The Hall–Kier alpha value is -3.86. The van der Waals surface area contributed by atoms with Crippen molar-refractivity contribution >= 4 is 23.5 Å². The number of anilines is 1. The molecule has 5 heteroatoms. The number of hydrogen-bond acceptors (Lipinski definition) is 4. The summed E-state index contributed by atoms with van der Waals surface area (Å²) in [5.41, 5.74) is 2.03. The van der Waals surface area contributed by atoms with Gasteiger partial charge in [0.05, 0.1) is 0 Å². The van der Waals surface area contributed by atoms with Crippen LogP contribution in [0.25, 0.3) is 6.08 Å². The Bertz CT molecular complexity index is 962. The number of ether oxygens (including phenoxy) is 1. The minimum Gasteiger partial charge on any atom is -0.508 e. The molecule has 0 saturated heterocycles. The number of allylic oxidation sites excluding steroid dienone is 1. The molecule has 5 nitrogen and oxygen atoms in total. The summed E-state index contributed by atoms with van der Waals surface area (Å²) in [7, 11) is 0. The Kier molecular flexibility index (Phi) is 6.21. The standard InChI is InChI=1S/C23H19NO4/c25-20-11-6-17(7-12-20)8-15-22(26)18-9-13-21(14-10-18)28-16-23(27)24-19-4-2-1-3-5-19/h1-15,25H,16H2,(H,24,27)/b15-8+. The van der Waals surface area contributed by atoms with Crippen LogP contribution in [0.2, 0.25) is 0 Å². The molecule has 0 heterocycles. The number of para-hydroxylation sites is 1. The van der Waals surface area contributed by atoms with Crippen LogP contribution in [0.15, 0.2) is 84.9 Å². The molecule has 0 spiro atoms. The lowest BCUT2D eigenvalue weighted by Crippen LogP contribution is -2.20. The molecule has 0 bridgehead atoms. The molecule has 28 heavy (non-hydrogen) atoms. The Morgan fingerprint density at radius 1 is 0.893 bits per heavy atom. The summed E-state index contributed by atoms with van der Waals surface area (Å²) in [6, 6.07) is 22.3. The van der Waals surface area contributed by atoms with Gasteiger partial charge in [-0.2, -0.15) is 0 Å². The van der Waals surface area contributed by atoms with Crippen molar-refractivity contribution in [2.75, 3.05) is 11.9 Å². The first kappa shape index (κ1) is 18.9. The van der Waals surface area contributed by atoms with Crippen molar-refractivity contribution in [1.29, 1.82) is 0 Å². The molecule has 0 saturated carbocycles. The Morgan fingerprint density at radius 3 is 2.25 bits per heavy atom. The highest BCUT2D eigenvalue weighted by atomic mass is 16.5. The van der Waals surface area contributed by atoms with Crippen molar-refractivity contribution < 1.29 is 19.4 Å². The number of carbonyl (C=O) groups excluding carboxylic acids is 2. The second-order valence-electron chi connectivity index (χ2n) is 6.02. The van der Waals surface area contributed by atoms with Crippen LogP contribution in [0.3, 0.4) is 0 Å². The van der Waals surface area contributed by atoms with Crippen LogP contribution in [-0.2, 0) is 4.79 Å². The van der Waals surface area contributed by atoms with Gasteiger partial charge in [-0.25, -0.2) is 0 Å². The molecule has 0 atom stereocenters. The van der Waals surface area contributed by atoms with Crippen molar-refractivity contribution in [2.45, 2.75) is 0 Å². The van der Waals surface area contributed by atoms with E-state index in [1.54, 1.807) is 66.7 Å². The van der Waals surface area contributed by atoms with Crippen molar-refractivity contribution in [1.82, 2.24) is 0 Å². The predicted molar refractivity (Wildman–Crippen MR) is 108 cm³/mol. The first-order valence-electron chi connectivity index (χ1n) is 8.69. The highest BCUT2D eigenvalue weighted by molar-refractivity contribution is 6.06. The monoisotopic (exact) mass is 373 g/mol. The molecule has 0 fully saturated rings. The second kappa shape index (κ2) is 9.19. The van der Waals surface area contributed by atoms with E-state index < -0.39 is 0 Å². The van der Waals surface area contributed by atoms with Crippen LogP contribution in [0.5, 0.6) is 11.5 Å². The van der Waals surface area contributed by atoms with Gasteiger partial charge in [-0.1, -0.05) is 36.4 Å². The largest absolute Gasteiger partial charge is 0.508 e. The summed E-state index contributed by atoms with van der Waals surface area (Å²) in [6.45, 7) is -0.122. The zero-order chi connectivity index (χ0) is 19.8. The number of ketones is 1. The normalized spacial score (nSPS) is 10.6. The number of phenols is 1. The summed E-state index contributed by atoms with van der Waals surface area (Å²) < 4.78 is 5.45.